The molecule has 5 heteroatoms. The van der Waals surface area contributed by atoms with Crippen molar-refractivity contribution in [3.05, 3.63) is 46.7 Å². The summed E-state index contributed by atoms with van der Waals surface area (Å²) in [6.07, 6.45) is 2.34. The normalized spacial score (nSPS) is 12.7. The van der Waals surface area contributed by atoms with Gasteiger partial charge in [-0.15, -0.1) is 0 Å². The van der Waals surface area contributed by atoms with E-state index in [-0.39, 0.29) is 6.04 Å². The van der Waals surface area contributed by atoms with E-state index in [0.29, 0.717) is 17.1 Å². The SMILES string of the molecule is COc1ccc(CCC(O)c2c(Cl)cnn2C(C)C)cc1. The second kappa shape index (κ2) is 6.96. The maximum Gasteiger partial charge on any atom is 0.118 e. The van der Waals surface area contributed by atoms with Gasteiger partial charge in [0.2, 0.25) is 0 Å². The molecule has 2 rings (SSSR count). The van der Waals surface area contributed by atoms with Crippen LogP contribution in [-0.2, 0) is 6.42 Å². The number of halogens is 1. The molecule has 0 bridgehead atoms. The van der Waals surface area contributed by atoms with Crippen molar-refractivity contribution in [1.29, 1.82) is 0 Å². The first-order valence-electron chi connectivity index (χ1n) is 7.06. The Bertz CT molecular complexity index is 578. The van der Waals surface area contributed by atoms with E-state index >= 15 is 0 Å². The number of aliphatic hydroxyl groups is 1. The molecule has 1 N–H and O–H groups in total. The van der Waals surface area contributed by atoms with Crippen LogP contribution in [0.25, 0.3) is 0 Å². The van der Waals surface area contributed by atoms with Crippen molar-refractivity contribution >= 4 is 11.6 Å². The Hall–Kier alpha value is -1.52. The lowest BCUT2D eigenvalue weighted by atomic mass is 10.0. The molecular weight excluding hydrogens is 288 g/mol. The van der Waals surface area contributed by atoms with Crippen LogP contribution in [-0.4, -0.2) is 22.0 Å². The Balaban J connectivity index is 2.04. The van der Waals surface area contributed by atoms with E-state index in [2.05, 4.69) is 5.10 Å². The number of hydrogen-bond acceptors (Lipinski definition) is 3. The van der Waals surface area contributed by atoms with E-state index in [1.807, 2.05) is 38.1 Å². The second-order valence-electron chi connectivity index (χ2n) is 5.32. The quantitative estimate of drug-likeness (QED) is 0.883. The minimum absolute atomic E-state index is 0.170. The van der Waals surface area contributed by atoms with Crippen molar-refractivity contribution in [2.45, 2.75) is 38.8 Å². The second-order valence-corrected chi connectivity index (χ2v) is 5.73. The predicted octanol–water partition coefficient (Wildman–Crippen LogP) is 3.79. The average Bonchev–Trinajstić information content (AvgIpc) is 2.87. The summed E-state index contributed by atoms with van der Waals surface area (Å²) >= 11 is 6.15. The highest BCUT2D eigenvalue weighted by Gasteiger charge is 2.19. The van der Waals surface area contributed by atoms with Crippen LogP contribution < -0.4 is 4.74 Å². The Labute approximate surface area is 130 Å². The fraction of sp³-hybridized carbons (Fsp3) is 0.438. The zero-order valence-corrected chi connectivity index (χ0v) is 13.3. The van der Waals surface area contributed by atoms with E-state index in [9.17, 15) is 5.11 Å². The molecule has 0 saturated heterocycles. The largest absolute Gasteiger partial charge is 0.497 e. The van der Waals surface area contributed by atoms with Gasteiger partial charge >= 0.3 is 0 Å². The number of hydrogen-bond donors (Lipinski definition) is 1. The standard InChI is InChI=1S/C16H21ClN2O2/c1-11(2)19-16(14(17)10-18-19)15(20)9-6-12-4-7-13(21-3)8-5-12/h4-5,7-8,10-11,15,20H,6,9H2,1-3H3. The molecule has 0 radical (unpaired) electrons. The number of methoxy groups -OCH3 is 1. The molecular formula is C16H21ClN2O2. The molecule has 0 fully saturated rings. The molecule has 0 spiro atoms. The number of aliphatic hydroxyl groups excluding tert-OH is 1. The van der Waals surface area contributed by atoms with E-state index in [1.165, 1.54) is 0 Å². The third-order valence-electron chi connectivity index (χ3n) is 3.46. The molecule has 4 nitrogen and oxygen atoms in total. The third kappa shape index (κ3) is 3.77. The molecule has 1 unspecified atom stereocenters. The highest BCUT2D eigenvalue weighted by molar-refractivity contribution is 6.31. The molecule has 1 atom stereocenters. The first-order chi connectivity index (χ1) is 10.0. The lowest BCUT2D eigenvalue weighted by Crippen LogP contribution is -2.12. The summed E-state index contributed by atoms with van der Waals surface area (Å²) in [5, 5.41) is 15.2. The Morgan fingerprint density at radius 1 is 1.29 bits per heavy atom. The zero-order chi connectivity index (χ0) is 15.4. The summed E-state index contributed by atoms with van der Waals surface area (Å²) in [7, 11) is 1.65. The lowest BCUT2D eigenvalue weighted by Gasteiger charge is -2.16. The van der Waals surface area contributed by atoms with Crippen molar-refractivity contribution < 1.29 is 9.84 Å². The summed E-state index contributed by atoms with van der Waals surface area (Å²) in [5.41, 5.74) is 1.85. The molecule has 0 saturated carbocycles. The van der Waals surface area contributed by atoms with Gasteiger partial charge in [0.05, 0.1) is 30.1 Å². The molecule has 0 aliphatic heterocycles. The minimum atomic E-state index is -0.621. The molecule has 114 valence electrons. The minimum Gasteiger partial charge on any atom is -0.497 e. The van der Waals surface area contributed by atoms with E-state index in [1.54, 1.807) is 18.0 Å². The van der Waals surface area contributed by atoms with Gasteiger partial charge in [-0.1, -0.05) is 23.7 Å². The molecule has 2 aromatic rings. The first kappa shape index (κ1) is 15.9. The molecule has 0 aliphatic rings. The van der Waals surface area contributed by atoms with Gasteiger partial charge in [0.15, 0.2) is 0 Å². The van der Waals surface area contributed by atoms with Crippen molar-refractivity contribution in [2.75, 3.05) is 7.11 Å². The predicted molar refractivity (Wildman–Crippen MR) is 83.9 cm³/mol. The van der Waals surface area contributed by atoms with E-state index in [0.717, 1.165) is 17.7 Å². The molecule has 1 aromatic heterocycles. The molecule has 1 heterocycles. The maximum atomic E-state index is 10.4. The van der Waals surface area contributed by atoms with Gasteiger partial charge in [-0.3, -0.25) is 4.68 Å². The van der Waals surface area contributed by atoms with E-state index in [4.69, 9.17) is 16.3 Å². The number of aryl methyl sites for hydroxylation is 1. The van der Waals surface area contributed by atoms with Gasteiger partial charge < -0.3 is 9.84 Å². The summed E-state index contributed by atoms with van der Waals surface area (Å²) in [6.45, 7) is 4.03. The lowest BCUT2D eigenvalue weighted by molar-refractivity contribution is 0.154. The van der Waals surface area contributed by atoms with Gasteiger partial charge in [-0.05, 0) is 44.4 Å². The summed E-state index contributed by atoms with van der Waals surface area (Å²) in [6, 6.07) is 8.03. The van der Waals surface area contributed by atoms with Gasteiger partial charge in [0.1, 0.15) is 5.75 Å². The fourth-order valence-electron chi connectivity index (χ4n) is 2.31. The van der Waals surface area contributed by atoms with Gasteiger partial charge in [0.25, 0.3) is 0 Å². The van der Waals surface area contributed by atoms with Crippen molar-refractivity contribution in [3.63, 3.8) is 0 Å². The highest BCUT2D eigenvalue weighted by Crippen LogP contribution is 2.28. The topological polar surface area (TPSA) is 47.3 Å². The monoisotopic (exact) mass is 308 g/mol. The summed E-state index contributed by atoms with van der Waals surface area (Å²) in [4.78, 5) is 0. The third-order valence-corrected chi connectivity index (χ3v) is 3.75. The van der Waals surface area contributed by atoms with Crippen molar-refractivity contribution in [3.8, 4) is 5.75 Å². The van der Waals surface area contributed by atoms with Crippen LogP contribution in [0.15, 0.2) is 30.5 Å². The number of rotatable bonds is 6. The molecule has 0 aliphatic carbocycles. The zero-order valence-electron chi connectivity index (χ0n) is 12.6. The summed E-state index contributed by atoms with van der Waals surface area (Å²) < 4.78 is 6.91. The van der Waals surface area contributed by atoms with Crippen LogP contribution in [0.1, 0.15) is 43.7 Å². The molecule has 1 aromatic carbocycles. The van der Waals surface area contributed by atoms with Gasteiger partial charge in [-0.25, -0.2) is 0 Å². The fourth-order valence-corrected chi connectivity index (χ4v) is 2.56. The van der Waals surface area contributed by atoms with Crippen LogP contribution in [0, 0.1) is 0 Å². The van der Waals surface area contributed by atoms with Gasteiger partial charge in [-0.2, -0.15) is 5.10 Å². The Kier molecular flexibility index (Phi) is 5.26. The van der Waals surface area contributed by atoms with E-state index < -0.39 is 6.10 Å². The van der Waals surface area contributed by atoms with Crippen LogP contribution in [0.5, 0.6) is 5.75 Å². The number of ether oxygens (including phenoxy) is 1. The molecule has 21 heavy (non-hydrogen) atoms. The van der Waals surface area contributed by atoms with Crippen LogP contribution in [0.3, 0.4) is 0 Å². The van der Waals surface area contributed by atoms with Crippen LogP contribution in [0.4, 0.5) is 0 Å². The number of benzene rings is 1. The summed E-state index contributed by atoms with van der Waals surface area (Å²) in [5.74, 6) is 0.834. The average molecular weight is 309 g/mol. The number of aromatic nitrogens is 2. The molecule has 0 amide bonds. The number of nitrogens with zero attached hydrogens (tertiary/aromatic N) is 2. The van der Waals surface area contributed by atoms with Crippen molar-refractivity contribution in [1.82, 2.24) is 9.78 Å². The smallest absolute Gasteiger partial charge is 0.118 e. The van der Waals surface area contributed by atoms with Crippen LogP contribution >= 0.6 is 11.6 Å². The Morgan fingerprint density at radius 2 is 1.95 bits per heavy atom. The van der Waals surface area contributed by atoms with Crippen molar-refractivity contribution in [2.24, 2.45) is 0 Å². The van der Waals surface area contributed by atoms with Crippen LogP contribution in [0.2, 0.25) is 5.02 Å². The van der Waals surface area contributed by atoms with Gasteiger partial charge in [0, 0.05) is 6.04 Å². The Morgan fingerprint density at radius 3 is 2.52 bits per heavy atom. The maximum absolute atomic E-state index is 10.4. The first-order valence-corrected chi connectivity index (χ1v) is 7.44. The highest BCUT2D eigenvalue weighted by atomic mass is 35.5.